The Morgan fingerprint density at radius 1 is 1.30 bits per heavy atom. The quantitative estimate of drug-likeness (QED) is 0.759. The van der Waals surface area contributed by atoms with Crippen LogP contribution in [0.2, 0.25) is 0 Å². The zero-order chi connectivity index (χ0) is 14.5. The van der Waals surface area contributed by atoms with Gasteiger partial charge in [-0.25, -0.2) is 8.78 Å². The van der Waals surface area contributed by atoms with Crippen LogP contribution in [-0.4, -0.2) is 18.5 Å². The van der Waals surface area contributed by atoms with Crippen LogP contribution >= 0.6 is 0 Å². The van der Waals surface area contributed by atoms with Crippen LogP contribution in [0.25, 0.3) is 0 Å². The molecule has 2 nitrogen and oxygen atoms in total. The van der Waals surface area contributed by atoms with Gasteiger partial charge in [0, 0.05) is 6.07 Å². The Balaban J connectivity index is 1.90. The number of carbonyl (C=O) groups is 1. The SMILES string of the molecule is CC(OCC1CCCCC1)C(=O)c1ccc(F)cc1F. The Bertz CT molecular complexity index is 468. The van der Waals surface area contributed by atoms with Crippen molar-refractivity contribution in [3.05, 3.63) is 35.4 Å². The van der Waals surface area contributed by atoms with Crippen molar-refractivity contribution in [2.45, 2.75) is 45.1 Å². The molecule has 0 spiro atoms. The molecule has 0 N–H and O–H groups in total. The van der Waals surface area contributed by atoms with Crippen LogP contribution < -0.4 is 0 Å². The monoisotopic (exact) mass is 282 g/mol. The fraction of sp³-hybridized carbons (Fsp3) is 0.562. The first-order valence-electron chi connectivity index (χ1n) is 7.19. The smallest absolute Gasteiger partial charge is 0.194 e. The van der Waals surface area contributed by atoms with Crippen LogP contribution in [0.1, 0.15) is 49.4 Å². The van der Waals surface area contributed by atoms with E-state index in [2.05, 4.69) is 0 Å². The molecule has 0 bridgehead atoms. The zero-order valence-corrected chi connectivity index (χ0v) is 11.7. The number of hydrogen-bond acceptors (Lipinski definition) is 2. The van der Waals surface area contributed by atoms with Crippen molar-refractivity contribution in [2.75, 3.05) is 6.61 Å². The van der Waals surface area contributed by atoms with Gasteiger partial charge in [0.25, 0.3) is 0 Å². The highest BCUT2D eigenvalue weighted by Crippen LogP contribution is 2.24. The molecule has 0 aromatic heterocycles. The van der Waals surface area contributed by atoms with E-state index in [-0.39, 0.29) is 5.56 Å². The summed E-state index contributed by atoms with van der Waals surface area (Å²) in [4.78, 5) is 12.1. The average molecular weight is 282 g/mol. The minimum atomic E-state index is -0.830. The molecule has 1 aliphatic rings. The van der Waals surface area contributed by atoms with Crippen molar-refractivity contribution in [3.8, 4) is 0 Å². The Morgan fingerprint density at radius 3 is 2.65 bits per heavy atom. The van der Waals surface area contributed by atoms with Crippen molar-refractivity contribution < 1.29 is 18.3 Å². The first-order valence-corrected chi connectivity index (χ1v) is 7.19. The van der Waals surface area contributed by atoms with Gasteiger partial charge < -0.3 is 4.74 Å². The van der Waals surface area contributed by atoms with Crippen LogP contribution in [0, 0.1) is 17.6 Å². The van der Waals surface area contributed by atoms with Crippen LogP contribution in [-0.2, 0) is 4.74 Å². The Labute approximate surface area is 118 Å². The van der Waals surface area contributed by atoms with E-state index in [9.17, 15) is 13.6 Å². The summed E-state index contributed by atoms with van der Waals surface area (Å²) in [6, 6.07) is 2.98. The van der Waals surface area contributed by atoms with Gasteiger partial charge in [0.2, 0.25) is 0 Å². The predicted octanol–water partition coefficient (Wildman–Crippen LogP) is 4.13. The molecule has 1 unspecified atom stereocenters. The number of rotatable bonds is 5. The Kier molecular flexibility index (Phi) is 5.24. The number of ether oxygens (including phenoxy) is 1. The second-order valence-electron chi connectivity index (χ2n) is 5.47. The maximum atomic E-state index is 13.5. The van der Waals surface area contributed by atoms with E-state index in [4.69, 9.17) is 4.74 Å². The van der Waals surface area contributed by atoms with Crippen LogP contribution in [0.3, 0.4) is 0 Å². The minimum Gasteiger partial charge on any atom is -0.370 e. The van der Waals surface area contributed by atoms with Gasteiger partial charge in [-0.1, -0.05) is 19.3 Å². The molecule has 0 heterocycles. The third kappa shape index (κ3) is 3.85. The van der Waals surface area contributed by atoms with Gasteiger partial charge >= 0.3 is 0 Å². The van der Waals surface area contributed by atoms with Crippen molar-refractivity contribution in [1.82, 2.24) is 0 Å². The van der Waals surface area contributed by atoms with Gasteiger partial charge in [-0.15, -0.1) is 0 Å². The summed E-state index contributed by atoms with van der Waals surface area (Å²) < 4.78 is 31.9. The first kappa shape index (κ1) is 15.1. The van der Waals surface area contributed by atoms with Gasteiger partial charge in [0.05, 0.1) is 12.2 Å². The second kappa shape index (κ2) is 6.93. The molecule has 110 valence electrons. The number of benzene rings is 1. The maximum absolute atomic E-state index is 13.5. The van der Waals surface area contributed by atoms with Crippen molar-refractivity contribution >= 4 is 5.78 Å². The molecule has 4 heteroatoms. The highest BCUT2D eigenvalue weighted by molar-refractivity contribution is 5.99. The van der Waals surface area contributed by atoms with Gasteiger partial charge in [-0.2, -0.15) is 0 Å². The van der Waals surface area contributed by atoms with Crippen molar-refractivity contribution in [3.63, 3.8) is 0 Å². The molecule has 1 atom stereocenters. The predicted molar refractivity (Wildman–Crippen MR) is 72.7 cm³/mol. The lowest BCUT2D eigenvalue weighted by Crippen LogP contribution is -2.25. The number of ketones is 1. The van der Waals surface area contributed by atoms with Crippen molar-refractivity contribution in [1.29, 1.82) is 0 Å². The second-order valence-corrected chi connectivity index (χ2v) is 5.47. The molecule has 0 amide bonds. The summed E-state index contributed by atoms with van der Waals surface area (Å²) in [5, 5.41) is 0. The molecule has 1 saturated carbocycles. The fourth-order valence-electron chi connectivity index (χ4n) is 2.62. The number of hydrogen-bond donors (Lipinski definition) is 0. The third-order valence-corrected chi connectivity index (χ3v) is 3.87. The lowest BCUT2D eigenvalue weighted by atomic mass is 9.90. The molecule has 0 aliphatic heterocycles. The molecule has 1 fully saturated rings. The normalized spacial score (nSPS) is 17.9. The van der Waals surface area contributed by atoms with E-state index in [1.807, 2.05) is 0 Å². The maximum Gasteiger partial charge on any atom is 0.194 e. The largest absolute Gasteiger partial charge is 0.370 e. The molecule has 1 aliphatic carbocycles. The van der Waals surface area contributed by atoms with Gasteiger partial charge in [-0.05, 0) is 37.8 Å². The molecule has 1 aromatic carbocycles. The summed E-state index contributed by atoms with van der Waals surface area (Å²) in [7, 11) is 0. The highest BCUT2D eigenvalue weighted by Gasteiger charge is 2.22. The Morgan fingerprint density at radius 2 is 2.00 bits per heavy atom. The molecule has 20 heavy (non-hydrogen) atoms. The summed E-state index contributed by atoms with van der Waals surface area (Å²) >= 11 is 0. The molecule has 2 rings (SSSR count). The lowest BCUT2D eigenvalue weighted by molar-refractivity contribution is 0.0284. The van der Waals surface area contributed by atoms with Gasteiger partial charge in [0.15, 0.2) is 5.78 Å². The summed E-state index contributed by atoms with van der Waals surface area (Å²) in [5.74, 6) is -1.45. The van der Waals surface area contributed by atoms with Crippen LogP contribution in [0.4, 0.5) is 8.78 Å². The van der Waals surface area contributed by atoms with E-state index < -0.39 is 23.5 Å². The van der Waals surface area contributed by atoms with E-state index in [1.54, 1.807) is 6.92 Å². The fourth-order valence-corrected chi connectivity index (χ4v) is 2.62. The average Bonchev–Trinajstić information content (AvgIpc) is 2.45. The molecule has 0 saturated heterocycles. The highest BCUT2D eigenvalue weighted by atomic mass is 19.1. The number of halogens is 2. The number of carbonyl (C=O) groups excluding carboxylic acids is 1. The van der Waals surface area contributed by atoms with E-state index in [1.165, 1.54) is 25.3 Å². The summed E-state index contributed by atoms with van der Waals surface area (Å²) in [6.07, 6.45) is 5.26. The molecular weight excluding hydrogens is 262 g/mol. The lowest BCUT2D eigenvalue weighted by Gasteiger charge is -2.23. The van der Waals surface area contributed by atoms with Crippen LogP contribution in [0.15, 0.2) is 18.2 Å². The van der Waals surface area contributed by atoms with Gasteiger partial charge in [0.1, 0.15) is 17.7 Å². The summed E-state index contributed by atoms with van der Waals surface area (Å²) in [5.41, 5.74) is -0.109. The van der Waals surface area contributed by atoms with Gasteiger partial charge in [-0.3, -0.25) is 4.79 Å². The number of Topliss-reactive ketones (excluding diaryl/α,β-unsaturated/α-hetero) is 1. The first-order chi connectivity index (χ1) is 9.58. The topological polar surface area (TPSA) is 26.3 Å². The molecular formula is C16H20F2O2. The van der Waals surface area contributed by atoms with E-state index in [0.29, 0.717) is 12.5 Å². The standard InChI is InChI=1S/C16H20F2O2/c1-11(20-10-12-5-3-2-4-6-12)16(19)14-8-7-13(17)9-15(14)18/h7-9,11-12H,2-6,10H2,1H3. The molecule has 0 radical (unpaired) electrons. The minimum absolute atomic E-state index is 0.109. The summed E-state index contributed by atoms with van der Waals surface area (Å²) in [6.45, 7) is 2.16. The van der Waals surface area contributed by atoms with E-state index >= 15 is 0 Å². The Hall–Kier alpha value is -1.29. The third-order valence-electron chi connectivity index (χ3n) is 3.87. The molecule has 1 aromatic rings. The zero-order valence-electron chi connectivity index (χ0n) is 11.7. The van der Waals surface area contributed by atoms with Crippen LogP contribution in [0.5, 0.6) is 0 Å². The van der Waals surface area contributed by atoms with Crippen molar-refractivity contribution in [2.24, 2.45) is 5.92 Å². The van der Waals surface area contributed by atoms with E-state index in [0.717, 1.165) is 25.0 Å².